The number of anilines is 1. The van der Waals surface area contributed by atoms with Gasteiger partial charge in [-0.2, -0.15) is 0 Å². The predicted molar refractivity (Wildman–Crippen MR) is 61.4 cm³/mol. The largest absolute Gasteiger partial charge is 0.491 e. The van der Waals surface area contributed by atoms with Crippen LogP contribution in [0.15, 0.2) is 12.1 Å². The lowest BCUT2D eigenvalue weighted by atomic mass is 10.00. The molecule has 0 saturated heterocycles. The summed E-state index contributed by atoms with van der Waals surface area (Å²) in [5.74, 6) is 0.534. The summed E-state index contributed by atoms with van der Waals surface area (Å²) < 4.78 is 5.43. The van der Waals surface area contributed by atoms with Gasteiger partial charge in [-0.15, -0.1) is 0 Å². The van der Waals surface area contributed by atoms with E-state index in [-0.39, 0.29) is 5.78 Å². The number of carbonyl (C=O) groups is 1. The highest BCUT2D eigenvalue weighted by atomic mass is 16.5. The molecular weight excluding hydrogens is 190 g/mol. The fourth-order valence-electron chi connectivity index (χ4n) is 1.62. The molecule has 0 aliphatic carbocycles. The SMILES string of the molecule is CCOc1c(N)ccc(CC)c1C(C)=O. The second-order valence-corrected chi connectivity index (χ2v) is 3.36. The predicted octanol–water partition coefficient (Wildman–Crippen LogP) is 2.43. The lowest BCUT2D eigenvalue weighted by Crippen LogP contribution is -2.07. The van der Waals surface area contributed by atoms with Gasteiger partial charge in [-0.1, -0.05) is 13.0 Å². The van der Waals surface area contributed by atoms with Crippen LogP contribution >= 0.6 is 0 Å². The molecular formula is C12H17NO2. The van der Waals surface area contributed by atoms with Crippen molar-refractivity contribution < 1.29 is 9.53 Å². The highest BCUT2D eigenvalue weighted by Gasteiger charge is 2.15. The first-order valence-electron chi connectivity index (χ1n) is 5.16. The molecule has 0 saturated carbocycles. The van der Waals surface area contributed by atoms with Gasteiger partial charge in [0.2, 0.25) is 0 Å². The maximum absolute atomic E-state index is 11.5. The molecule has 0 heterocycles. The highest BCUT2D eigenvalue weighted by molar-refractivity contribution is 6.00. The van der Waals surface area contributed by atoms with Crippen LogP contribution in [-0.2, 0) is 6.42 Å². The van der Waals surface area contributed by atoms with Crippen molar-refractivity contribution in [1.82, 2.24) is 0 Å². The van der Waals surface area contributed by atoms with Gasteiger partial charge in [-0.3, -0.25) is 4.79 Å². The number of ether oxygens (including phenoxy) is 1. The maximum Gasteiger partial charge on any atom is 0.163 e. The van der Waals surface area contributed by atoms with Crippen molar-refractivity contribution in [3.8, 4) is 5.75 Å². The number of nitrogen functional groups attached to an aromatic ring is 1. The Labute approximate surface area is 90.2 Å². The summed E-state index contributed by atoms with van der Waals surface area (Å²) in [4.78, 5) is 11.5. The molecule has 2 N–H and O–H groups in total. The summed E-state index contributed by atoms with van der Waals surface area (Å²) in [5.41, 5.74) is 7.93. The topological polar surface area (TPSA) is 52.3 Å². The number of Topliss-reactive ketones (excluding diaryl/α,β-unsaturated/α-hetero) is 1. The van der Waals surface area contributed by atoms with Crippen LogP contribution in [0.1, 0.15) is 36.7 Å². The molecule has 0 amide bonds. The fraction of sp³-hybridized carbons (Fsp3) is 0.417. The lowest BCUT2D eigenvalue weighted by molar-refractivity contribution is 0.101. The van der Waals surface area contributed by atoms with Gasteiger partial charge in [0.05, 0.1) is 17.9 Å². The van der Waals surface area contributed by atoms with Crippen molar-refractivity contribution in [1.29, 1.82) is 0 Å². The first kappa shape index (κ1) is 11.6. The summed E-state index contributed by atoms with van der Waals surface area (Å²) in [6.07, 6.45) is 0.801. The molecule has 3 heteroatoms. The summed E-state index contributed by atoms with van der Waals surface area (Å²) in [6.45, 7) is 5.93. The number of aryl methyl sites for hydroxylation is 1. The summed E-state index contributed by atoms with van der Waals surface area (Å²) >= 11 is 0. The normalized spacial score (nSPS) is 10.1. The van der Waals surface area contributed by atoms with Crippen LogP contribution in [0.5, 0.6) is 5.75 Å². The van der Waals surface area contributed by atoms with Crippen LogP contribution in [0.25, 0.3) is 0 Å². The van der Waals surface area contributed by atoms with E-state index in [0.717, 1.165) is 12.0 Å². The van der Waals surface area contributed by atoms with E-state index in [2.05, 4.69) is 0 Å². The van der Waals surface area contributed by atoms with Gasteiger partial charge in [-0.25, -0.2) is 0 Å². The Balaban J connectivity index is 3.36. The van der Waals surface area contributed by atoms with Gasteiger partial charge in [0.25, 0.3) is 0 Å². The summed E-state index contributed by atoms with van der Waals surface area (Å²) in [5, 5.41) is 0. The van der Waals surface area contributed by atoms with E-state index in [4.69, 9.17) is 10.5 Å². The molecule has 0 fully saturated rings. The average Bonchev–Trinajstić information content (AvgIpc) is 2.20. The molecule has 0 aliphatic heterocycles. The molecule has 0 radical (unpaired) electrons. The van der Waals surface area contributed by atoms with E-state index in [1.807, 2.05) is 19.9 Å². The van der Waals surface area contributed by atoms with E-state index in [1.54, 1.807) is 6.07 Å². The number of benzene rings is 1. The van der Waals surface area contributed by atoms with Crippen molar-refractivity contribution in [3.63, 3.8) is 0 Å². The van der Waals surface area contributed by atoms with Gasteiger partial charge in [0.15, 0.2) is 11.5 Å². The molecule has 1 aromatic carbocycles. The van der Waals surface area contributed by atoms with Gasteiger partial charge in [0.1, 0.15) is 0 Å². The molecule has 82 valence electrons. The quantitative estimate of drug-likeness (QED) is 0.609. The number of carbonyl (C=O) groups excluding carboxylic acids is 1. The van der Waals surface area contributed by atoms with E-state index in [0.29, 0.717) is 23.6 Å². The molecule has 15 heavy (non-hydrogen) atoms. The fourth-order valence-corrected chi connectivity index (χ4v) is 1.62. The molecule has 0 aliphatic rings. The van der Waals surface area contributed by atoms with Crippen LogP contribution in [0, 0.1) is 0 Å². The molecule has 0 bridgehead atoms. The molecule has 1 aromatic rings. The van der Waals surface area contributed by atoms with E-state index >= 15 is 0 Å². The van der Waals surface area contributed by atoms with Gasteiger partial charge in [-0.05, 0) is 31.9 Å². The second kappa shape index (κ2) is 4.82. The van der Waals surface area contributed by atoms with Crippen LogP contribution in [0.3, 0.4) is 0 Å². The molecule has 0 unspecified atom stereocenters. The molecule has 3 nitrogen and oxygen atoms in total. The van der Waals surface area contributed by atoms with Crippen LogP contribution in [0.2, 0.25) is 0 Å². The van der Waals surface area contributed by atoms with Gasteiger partial charge in [0, 0.05) is 0 Å². The minimum Gasteiger partial charge on any atom is -0.491 e. The summed E-state index contributed by atoms with van der Waals surface area (Å²) in [7, 11) is 0. The Hall–Kier alpha value is -1.51. The van der Waals surface area contributed by atoms with Crippen molar-refractivity contribution in [2.24, 2.45) is 0 Å². The molecule has 0 aromatic heterocycles. The van der Waals surface area contributed by atoms with Crippen molar-refractivity contribution >= 4 is 11.5 Å². The van der Waals surface area contributed by atoms with Gasteiger partial charge >= 0.3 is 0 Å². The second-order valence-electron chi connectivity index (χ2n) is 3.36. The number of ketones is 1. The first-order chi connectivity index (χ1) is 7.11. The van der Waals surface area contributed by atoms with E-state index in [1.165, 1.54) is 6.92 Å². The Morgan fingerprint density at radius 2 is 2.07 bits per heavy atom. The van der Waals surface area contributed by atoms with Crippen LogP contribution < -0.4 is 10.5 Å². The maximum atomic E-state index is 11.5. The summed E-state index contributed by atoms with van der Waals surface area (Å²) in [6, 6.07) is 3.67. The monoisotopic (exact) mass is 207 g/mol. The standard InChI is InChI=1S/C12H17NO2/c1-4-9-6-7-10(13)12(15-5-2)11(9)8(3)14/h6-7H,4-5,13H2,1-3H3. The zero-order chi connectivity index (χ0) is 11.4. The Morgan fingerprint density at radius 3 is 2.53 bits per heavy atom. The zero-order valence-corrected chi connectivity index (χ0v) is 9.46. The Morgan fingerprint density at radius 1 is 1.40 bits per heavy atom. The molecule has 0 spiro atoms. The number of hydrogen-bond donors (Lipinski definition) is 1. The Kier molecular flexibility index (Phi) is 3.72. The van der Waals surface area contributed by atoms with E-state index < -0.39 is 0 Å². The van der Waals surface area contributed by atoms with Crippen LogP contribution in [-0.4, -0.2) is 12.4 Å². The van der Waals surface area contributed by atoms with Crippen molar-refractivity contribution in [2.45, 2.75) is 27.2 Å². The van der Waals surface area contributed by atoms with Gasteiger partial charge < -0.3 is 10.5 Å². The number of rotatable bonds is 4. The highest BCUT2D eigenvalue weighted by Crippen LogP contribution is 2.30. The van der Waals surface area contributed by atoms with Crippen molar-refractivity contribution in [2.75, 3.05) is 12.3 Å². The third kappa shape index (κ3) is 2.29. The Bertz CT molecular complexity index is 372. The molecule has 1 rings (SSSR count). The average molecular weight is 207 g/mol. The number of hydrogen-bond acceptors (Lipinski definition) is 3. The lowest BCUT2D eigenvalue weighted by Gasteiger charge is -2.14. The minimum atomic E-state index is 0.00241. The van der Waals surface area contributed by atoms with Crippen molar-refractivity contribution in [3.05, 3.63) is 23.3 Å². The third-order valence-corrected chi connectivity index (χ3v) is 2.30. The molecule has 0 atom stereocenters. The minimum absolute atomic E-state index is 0.00241. The first-order valence-corrected chi connectivity index (χ1v) is 5.16. The number of nitrogens with two attached hydrogens (primary N) is 1. The zero-order valence-electron chi connectivity index (χ0n) is 9.46. The smallest absolute Gasteiger partial charge is 0.163 e. The van der Waals surface area contributed by atoms with Crippen LogP contribution in [0.4, 0.5) is 5.69 Å². The third-order valence-electron chi connectivity index (χ3n) is 2.30. The van der Waals surface area contributed by atoms with E-state index in [9.17, 15) is 4.79 Å².